The molecule has 0 aromatic carbocycles. The molecule has 3 rings (SSSR count). The van der Waals surface area contributed by atoms with Crippen LogP contribution < -0.4 is 10.6 Å². The molecule has 2 fully saturated rings. The molecule has 0 bridgehead atoms. The van der Waals surface area contributed by atoms with Crippen molar-refractivity contribution in [1.29, 1.82) is 0 Å². The van der Waals surface area contributed by atoms with Gasteiger partial charge in [0.15, 0.2) is 6.39 Å². The van der Waals surface area contributed by atoms with Gasteiger partial charge in [-0.15, -0.1) is 0 Å². The Balaban J connectivity index is 1.55. The molecule has 138 valence electrons. The van der Waals surface area contributed by atoms with Gasteiger partial charge in [-0.3, -0.25) is 4.79 Å². The fourth-order valence-electron chi connectivity index (χ4n) is 3.16. The first-order valence-corrected chi connectivity index (χ1v) is 8.81. The maximum atomic E-state index is 12.5. The van der Waals surface area contributed by atoms with Crippen molar-refractivity contribution in [2.24, 2.45) is 5.41 Å². The number of oxazole rings is 1. The Bertz CT molecular complexity index is 670. The molecule has 0 spiro atoms. The molecule has 2 aliphatic carbocycles. The number of nitrogens with zero attached hydrogens (tertiary/aromatic N) is 1. The van der Waals surface area contributed by atoms with Gasteiger partial charge in [-0.05, 0) is 40.0 Å². The standard InChI is InChI=1S/C18H27N3O4/c1-17(2,3)25-16(23)21-12-8-11(18(12,4)5)20-15(22)14-13(10-6-7-10)19-9-24-14/h9-12H,6-8H2,1-5H3,(H,20,22)(H,21,23)/t11-,12+/m1/s1. The first-order valence-electron chi connectivity index (χ1n) is 8.81. The van der Waals surface area contributed by atoms with Crippen LogP contribution in [0, 0.1) is 5.41 Å². The first kappa shape index (κ1) is 17.8. The maximum Gasteiger partial charge on any atom is 0.407 e. The molecule has 1 heterocycles. The summed E-state index contributed by atoms with van der Waals surface area (Å²) in [6, 6.07) is -0.0950. The van der Waals surface area contributed by atoms with Crippen LogP contribution in [0.4, 0.5) is 4.79 Å². The van der Waals surface area contributed by atoms with Crippen molar-refractivity contribution in [3.05, 3.63) is 17.8 Å². The predicted molar refractivity (Wildman–Crippen MR) is 91.3 cm³/mol. The van der Waals surface area contributed by atoms with Crippen molar-refractivity contribution in [2.45, 2.75) is 77.5 Å². The van der Waals surface area contributed by atoms with E-state index in [1.54, 1.807) is 0 Å². The van der Waals surface area contributed by atoms with Crippen molar-refractivity contribution in [2.75, 3.05) is 0 Å². The highest BCUT2D eigenvalue weighted by molar-refractivity contribution is 5.93. The lowest BCUT2D eigenvalue weighted by atomic mass is 9.63. The number of alkyl carbamates (subject to hydrolysis) is 1. The van der Waals surface area contributed by atoms with Crippen molar-refractivity contribution in [3.8, 4) is 0 Å². The van der Waals surface area contributed by atoms with Gasteiger partial charge in [0.25, 0.3) is 5.91 Å². The molecule has 2 amide bonds. The number of ether oxygens (including phenoxy) is 1. The second kappa shape index (κ2) is 6.04. The van der Waals surface area contributed by atoms with E-state index in [1.165, 1.54) is 6.39 Å². The topological polar surface area (TPSA) is 93.5 Å². The van der Waals surface area contributed by atoms with Crippen LogP contribution in [0.25, 0.3) is 0 Å². The molecule has 1 aromatic heterocycles. The average molecular weight is 349 g/mol. The largest absolute Gasteiger partial charge is 0.444 e. The summed E-state index contributed by atoms with van der Waals surface area (Å²) in [4.78, 5) is 28.6. The Hall–Kier alpha value is -2.05. The highest BCUT2D eigenvalue weighted by Gasteiger charge is 2.50. The van der Waals surface area contributed by atoms with E-state index in [-0.39, 0.29) is 23.4 Å². The summed E-state index contributed by atoms with van der Waals surface area (Å²) in [5.41, 5.74) is -0.0401. The van der Waals surface area contributed by atoms with E-state index < -0.39 is 11.7 Å². The highest BCUT2D eigenvalue weighted by atomic mass is 16.6. The summed E-state index contributed by atoms with van der Waals surface area (Å²) < 4.78 is 10.6. The molecule has 2 saturated carbocycles. The number of carbonyl (C=O) groups excluding carboxylic acids is 2. The SMILES string of the molecule is CC(C)(C)OC(=O)N[C@H]1C[C@@H](NC(=O)c2ocnc2C2CC2)C1(C)C. The lowest BCUT2D eigenvalue weighted by Crippen LogP contribution is -2.66. The number of carbonyl (C=O) groups is 2. The number of hydrogen-bond donors (Lipinski definition) is 2. The van der Waals surface area contributed by atoms with Crippen molar-refractivity contribution >= 4 is 12.0 Å². The molecule has 7 heteroatoms. The Kier molecular flexibility index (Phi) is 4.29. The number of rotatable bonds is 4. The molecule has 1 aromatic rings. The normalized spacial score (nSPS) is 25.0. The monoisotopic (exact) mass is 349 g/mol. The van der Waals surface area contributed by atoms with Gasteiger partial charge in [-0.25, -0.2) is 9.78 Å². The summed E-state index contributed by atoms with van der Waals surface area (Å²) in [5.74, 6) is 0.450. The smallest absolute Gasteiger partial charge is 0.407 e. The van der Waals surface area contributed by atoms with E-state index >= 15 is 0 Å². The van der Waals surface area contributed by atoms with Gasteiger partial charge in [0.1, 0.15) is 5.60 Å². The van der Waals surface area contributed by atoms with Crippen LogP contribution in [-0.4, -0.2) is 34.7 Å². The molecule has 0 unspecified atom stereocenters. The molecule has 25 heavy (non-hydrogen) atoms. The summed E-state index contributed by atoms with van der Waals surface area (Å²) in [6.07, 6.45) is 3.68. The molecular weight excluding hydrogens is 322 g/mol. The molecule has 2 N–H and O–H groups in total. The van der Waals surface area contributed by atoms with E-state index in [9.17, 15) is 9.59 Å². The number of amides is 2. The highest BCUT2D eigenvalue weighted by Crippen LogP contribution is 2.42. The van der Waals surface area contributed by atoms with Crippen molar-refractivity contribution in [3.63, 3.8) is 0 Å². The minimum atomic E-state index is -0.531. The average Bonchev–Trinajstić information content (AvgIpc) is 3.21. The second-order valence-corrected chi connectivity index (χ2v) is 8.62. The molecule has 2 aliphatic rings. The zero-order valence-corrected chi connectivity index (χ0v) is 15.5. The maximum absolute atomic E-state index is 12.5. The van der Waals surface area contributed by atoms with Gasteiger partial charge in [0.05, 0.1) is 5.69 Å². The third-order valence-electron chi connectivity index (χ3n) is 5.03. The Morgan fingerprint density at radius 3 is 2.44 bits per heavy atom. The fourth-order valence-corrected chi connectivity index (χ4v) is 3.16. The van der Waals surface area contributed by atoms with Crippen LogP contribution >= 0.6 is 0 Å². The molecular formula is C18H27N3O4. The van der Waals surface area contributed by atoms with Crippen molar-refractivity contribution < 1.29 is 18.7 Å². The lowest BCUT2D eigenvalue weighted by Gasteiger charge is -2.52. The van der Waals surface area contributed by atoms with Crippen LogP contribution in [0.1, 0.15) is 76.0 Å². The third-order valence-corrected chi connectivity index (χ3v) is 5.03. The number of hydrogen-bond acceptors (Lipinski definition) is 5. The predicted octanol–water partition coefficient (Wildman–Crippen LogP) is 2.97. The number of aromatic nitrogens is 1. The fraction of sp³-hybridized carbons (Fsp3) is 0.722. The zero-order chi connectivity index (χ0) is 18.4. The van der Waals surface area contributed by atoms with Crippen molar-refractivity contribution in [1.82, 2.24) is 15.6 Å². The van der Waals surface area contributed by atoms with Crippen LogP contribution in [0.3, 0.4) is 0 Å². The van der Waals surface area contributed by atoms with Crippen LogP contribution in [0.15, 0.2) is 10.8 Å². The van der Waals surface area contributed by atoms with E-state index in [0.717, 1.165) is 18.5 Å². The molecule has 0 radical (unpaired) electrons. The molecule has 7 nitrogen and oxygen atoms in total. The van der Waals surface area contributed by atoms with E-state index in [4.69, 9.17) is 9.15 Å². The van der Waals surface area contributed by atoms with Gasteiger partial charge in [0, 0.05) is 23.4 Å². The zero-order valence-electron chi connectivity index (χ0n) is 15.5. The molecule has 0 saturated heterocycles. The van der Waals surface area contributed by atoms with Gasteiger partial charge in [-0.1, -0.05) is 13.8 Å². The second-order valence-electron chi connectivity index (χ2n) is 8.62. The van der Waals surface area contributed by atoms with Gasteiger partial charge >= 0.3 is 6.09 Å². The van der Waals surface area contributed by atoms with Crippen LogP contribution in [0.5, 0.6) is 0 Å². The third kappa shape index (κ3) is 3.80. The van der Waals surface area contributed by atoms with E-state index in [2.05, 4.69) is 15.6 Å². The Morgan fingerprint density at radius 2 is 1.88 bits per heavy atom. The van der Waals surface area contributed by atoms with E-state index in [0.29, 0.717) is 18.1 Å². The van der Waals surface area contributed by atoms with Gasteiger partial charge < -0.3 is 19.8 Å². The van der Waals surface area contributed by atoms with Gasteiger partial charge in [-0.2, -0.15) is 0 Å². The quantitative estimate of drug-likeness (QED) is 0.871. The first-order chi connectivity index (χ1) is 11.6. The minimum Gasteiger partial charge on any atom is -0.444 e. The van der Waals surface area contributed by atoms with Gasteiger partial charge in [0.2, 0.25) is 5.76 Å². The lowest BCUT2D eigenvalue weighted by molar-refractivity contribution is 0.0166. The summed E-state index contributed by atoms with van der Waals surface area (Å²) in [6.45, 7) is 9.53. The van der Waals surface area contributed by atoms with Crippen LogP contribution in [-0.2, 0) is 4.74 Å². The summed E-state index contributed by atoms with van der Waals surface area (Å²) >= 11 is 0. The summed E-state index contributed by atoms with van der Waals surface area (Å²) in [5, 5.41) is 5.91. The Labute approximate surface area is 147 Å². The Morgan fingerprint density at radius 1 is 1.24 bits per heavy atom. The number of nitrogens with one attached hydrogen (secondary N) is 2. The minimum absolute atomic E-state index is 0.0444. The van der Waals surface area contributed by atoms with E-state index in [1.807, 2.05) is 34.6 Å². The summed E-state index contributed by atoms with van der Waals surface area (Å²) in [7, 11) is 0. The molecule has 0 aliphatic heterocycles. The van der Waals surface area contributed by atoms with Crippen LogP contribution in [0.2, 0.25) is 0 Å². The molecule has 2 atom stereocenters.